The Morgan fingerprint density at radius 3 is 1.36 bits per heavy atom. The molecule has 2 heterocycles. The Morgan fingerprint density at radius 1 is 0.619 bits per heavy atom. The number of H-pyrrole nitrogens is 2. The number of hydrogen-bond acceptors (Lipinski definition) is 4. The van der Waals surface area contributed by atoms with E-state index in [4.69, 9.17) is 9.97 Å². The van der Waals surface area contributed by atoms with Crippen LogP contribution in [-0.2, 0) is 0 Å². The first-order valence-electron chi connectivity index (χ1n) is 14.1. The van der Waals surface area contributed by atoms with Crippen LogP contribution in [0.3, 0.4) is 0 Å². The average Bonchev–Trinajstić information content (AvgIpc) is 3.55. The largest absolute Gasteiger partial charge is 0.346 e. The number of carbonyl (C=O) groups is 2. The summed E-state index contributed by atoms with van der Waals surface area (Å²) < 4.78 is 1.57. The van der Waals surface area contributed by atoms with Crippen LogP contribution in [0.15, 0.2) is 60.7 Å². The summed E-state index contributed by atoms with van der Waals surface area (Å²) in [7, 11) is 12.6. The highest BCUT2D eigenvalue weighted by Crippen LogP contribution is 2.26. The molecule has 0 unspecified atom stereocenters. The van der Waals surface area contributed by atoms with Crippen LogP contribution in [0.1, 0.15) is 20.7 Å². The van der Waals surface area contributed by atoms with Crippen LogP contribution in [0.2, 0.25) is 0 Å². The molecule has 0 atom stereocenters. The Morgan fingerprint density at radius 2 is 1.00 bits per heavy atom. The summed E-state index contributed by atoms with van der Waals surface area (Å²) in [5.41, 5.74) is 6.26. The van der Waals surface area contributed by atoms with Gasteiger partial charge in [0, 0.05) is 22.3 Å². The van der Waals surface area contributed by atoms with E-state index in [2.05, 4.69) is 62.9 Å². The van der Waals surface area contributed by atoms with E-state index >= 15 is 0 Å². The number of carbonyl (C=O) groups excluding carboxylic acids is 2. The summed E-state index contributed by atoms with van der Waals surface area (Å²) in [6.07, 6.45) is 0. The predicted molar refractivity (Wildman–Crippen MR) is 167 cm³/mol. The number of nitrogens with zero attached hydrogens (tertiary/aromatic N) is 4. The fourth-order valence-corrected chi connectivity index (χ4v) is 4.57. The summed E-state index contributed by atoms with van der Waals surface area (Å²) in [6.45, 7) is 2.92. The second-order valence-corrected chi connectivity index (χ2v) is 12.8. The third-order valence-electron chi connectivity index (χ3n) is 7.06. The summed E-state index contributed by atoms with van der Waals surface area (Å²) in [5, 5.41) is 5.99. The highest BCUT2D eigenvalue weighted by molar-refractivity contribution is 5.98. The van der Waals surface area contributed by atoms with Gasteiger partial charge in [-0.25, -0.2) is 9.97 Å². The number of aromatic amines is 2. The lowest BCUT2D eigenvalue weighted by molar-refractivity contribution is -0.869. The zero-order valence-electron chi connectivity index (χ0n) is 25.2. The highest BCUT2D eigenvalue weighted by atomic mass is 16.2. The maximum atomic E-state index is 12.6. The fourth-order valence-electron chi connectivity index (χ4n) is 4.57. The number of aromatic nitrogens is 4. The number of nitrogens with one attached hydrogen (secondary N) is 4. The summed E-state index contributed by atoms with van der Waals surface area (Å²) in [5.74, 6) is 1.27. The standard InChI is InChI=1S/C32H38N8O2/c1-39(2,3)17-15-33-31(41)23-11-13-25-27(19-23)37-29(35-25)21-7-9-22(10-8-21)30-36-26-14-12-24(20-28(26)38-30)32(42)34-16-18-40(4,5)6/h7-14,19-20H,15-18H2,1-6H3,(H2-2,33,34,35,36,37,38,41,42)/p+2. The minimum Gasteiger partial charge on any atom is -0.346 e. The molecule has 0 fully saturated rings. The maximum absolute atomic E-state index is 12.6. The van der Waals surface area contributed by atoms with Crippen molar-refractivity contribution in [2.24, 2.45) is 0 Å². The van der Waals surface area contributed by atoms with E-state index in [9.17, 15) is 9.59 Å². The molecular weight excluding hydrogens is 528 g/mol. The van der Waals surface area contributed by atoms with Gasteiger partial charge in [-0.15, -0.1) is 0 Å². The molecule has 218 valence electrons. The smallest absolute Gasteiger partial charge is 0.251 e. The molecule has 4 N–H and O–H groups in total. The van der Waals surface area contributed by atoms with Crippen molar-refractivity contribution in [3.8, 4) is 22.8 Å². The lowest BCUT2D eigenvalue weighted by Gasteiger charge is -2.23. The van der Waals surface area contributed by atoms with Crippen molar-refractivity contribution < 1.29 is 18.6 Å². The first-order chi connectivity index (χ1) is 19.8. The molecule has 5 rings (SSSR count). The summed E-state index contributed by atoms with van der Waals surface area (Å²) in [6, 6.07) is 19.0. The van der Waals surface area contributed by atoms with Crippen molar-refractivity contribution in [2.45, 2.75) is 0 Å². The summed E-state index contributed by atoms with van der Waals surface area (Å²) >= 11 is 0. The van der Waals surface area contributed by atoms with Crippen LogP contribution >= 0.6 is 0 Å². The SMILES string of the molecule is C[N+](C)(C)CCNC(=O)c1ccc2nc(-c3ccc(-c4nc5ccc(C(=O)NCC[N+](C)(C)C)cc5[nH]4)cc3)[nH]c2c1. The number of likely N-dealkylation sites (N-methyl/N-ethyl adjacent to an activating group) is 2. The maximum Gasteiger partial charge on any atom is 0.251 e. The van der Waals surface area contributed by atoms with Gasteiger partial charge in [0.15, 0.2) is 0 Å². The second-order valence-electron chi connectivity index (χ2n) is 12.8. The van der Waals surface area contributed by atoms with Gasteiger partial charge in [-0.3, -0.25) is 9.59 Å². The number of imidazole rings is 2. The number of benzene rings is 3. The molecule has 0 spiro atoms. The van der Waals surface area contributed by atoms with Crippen LogP contribution < -0.4 is 10.6 Å². The van der Waals surface area contributed by atoms with E-state index in [1.54, 1.807) is 12.1 Å². The van der Waals surface area contributed by atoms with Gasteiger partial charge in [0.25, 0.3) is 11.8 Å². The minimum atomic E-state index is -0.0932. The Bertz CT molecular complexity index is 1610. The fraction of sp³-hybridized carbons (Fsp3) is 0.312. The number of fused-ring (bicyclic) bond motifs is 2. The number of rotatable bonds is 10. The normalized spacial score (nSPS) is 12.1. The van der Waals surface area contributed by atoms with Gasteiger partial charge in [-0.2, -0.15) is 0 Å². The lowest BCUT2D eigenvalue weighted by atomic mass is 10.1. The Kier molecular flexibility index (Phi) is 7.85. The molecule has 2 aromatic heterocycles. The van der Waals surface area contributed by atoms with Gasteiger partial charge in [0.2, 0.25) is 0 Å². The molecule has 0 saturated heterocycles. The van der Waals surface area contributed by atoms with Gasteiger partial charge in [-0.05, 0) is 36.4 Å². The molecule has 10 nitrogen and oxygen atoms in total. The molecule has 0 aliphatic carbocycles. The minimum absolute atomic E-state index is 0.0932. The predicted octanol–water partition coefficient (Wildman–Crippen LogP) is 3.65. The molecule has 0 aliphatic heterocycles. The Balaban J connectivity index is 1.28. The van der Waals surface area contributed by atoms with Gasteiger partial charge in [0.05, 0.1) is 90.5 Å². The van der Waals surface area contributed by atoms with E-state index in [0.29, 0.717) is 24.2 Å². The van der Waals surface area contributed by atoms with E-state index in [1.165, 1.54) is 0 Å². The Labute approximate surface area is 246 Å². The first kappa shape index (κ1) is 29.0. The lowest BCUT2D eigenvalue weighted by Crippen LogP contribution is -2.41. The Hall–Kier alpha value is -4.54. The molecule has 0 radical (unpaired) electrons. The van der Waals surface area contributed by atoms with Crippen LogP contribution in [0, 0.1) is 0 Å². The van der Waals surface area contributed by atoms with Gasteiger partial charge in [0.1, 0.15) is 11.6 Å². The topological polar surface area (TPSA) is 116 Å². The van der Waals surface area contributed by atoms with Gasteiger partial charge < -0.3 is 29.6 Å². The third kappa shape index (κ3) is 7.02. The van der Waals surface area contributed by atoms with Crippen molar-refractivity contribution in [1.82, 2.24) is 30.6 Å². The second kappa shape index (κ2) is 11.4. The van der Waals surface area contributed by atoms with Crippen LogP contribution in [0.5, 0.6) is 0 Å². The van der Waals surface area contributed by atoms with E-state index in [-0.39, 0.29) is 11.8 Å². The zero-order chi connectivity index (χ0) is 30.1. The number of quaternary nitrogens is 2. The first-order valence-corrected chi connectivity index (χ1v) is 14.1. The van der Waals surface area contributed by atoms with E-state index in [1.807, 2.05) is 48.5 Å². The van der Waals surface area contributed by atoms with Crippen molar-refractivity contribution in [3.63, 3.8) is 0 Å². The molecule has 42 heavy (non-hydrogen) atoms. The van der Waals surface area contributed by atoms with Gasteiger partial charge >= 0.3 is 0 Å². The van der Waals surface area contributed by atoms with Crippen molar-refractivity contribution in [1.29, 1.82) is 0 Å². The molecule has 5 aromatic rings. The van der Waals surface area contributed by atoms with Crippen molar-refractivity contribution in [2.75, 3.05) is 68.5 Å². The zero-order valence-corrected chi connectivity index (χ0v) is 25.2. The monoisotopic (exact) mass is 568 g/mol. The average molecular weight is 569 g/mol. The molecule has 2 amide bonds. The number of amides is 2. The molecule has 0 bridgehead atoms. The quantitative estimate of drug-likeness (QED) is 0.193. The van der Waals surface area contributed by atoms with Crippen LogP contribution in [0.4, 0.5) is 0 Å². The molecule has 3 aromatic carbocycles. The molecular formula is C32H40N8O2+2. The van der Waals surface area contributed by atoms with E-state index < -0.39 is 0 Å². The summed E-state index contributed by atoms with van der Waals surface area (Å²) in [4.78, 5) is 41.4. The molecule has 0 aliphatic rings. The van der Waals surface area contributed by atoms with Crippen molar-refractivity contribution in [3.05, 3.63) is 71.8 Å². The third-order valence-corrected chi connectivity index (χ3v) is 7.06. The molecule has 10 heteroatoms. The van der Waals surface area contributed by atoms with E-state index in [0.717, 1.165) is 66.9 Å². The number of hydrogen-bond donors (Lipinski definition) is 4. The van der Waals surface area contributed by atoms with Crippen LogP contribution in [0.25, 0.3) is 44.8 Å². The van der Waals surface area contributed by atoms with Gasteiger partial charge in [-0.1, -0.05) is 24.3 Å². The van der Waals surface area contributed by atoms with Crippen molar-refractivity contribution >= 4 is 33.9 Å². The van der Waals surface area contributed by atoms with Crippen LogP contribution in [-0.4, -0.2) is 109 Å². The highest BCUT2D eigenvalue weighted by Gasteiger charge is 2.14. The molecule has 0 saturated carbocycles.